The van der Waals surface area contributed by atoms with Crippen molar-refractivity contribution in [3.05, 3.63) is 39.9 Å². The standard InChI is InChI=1S/C13H11BrF3N5O.ClH/c14-7-1-2-8(9(18)5-7)11(23)21-3-4-22-10(6-21)19-20-12(22)13(15,16)17;/h1-2,5H,3-4,6,18H2;1H. The molecule has 24 heavy (non-hydrogen) atoms. The number of anilines is 1. The van der Waals surface area contributed by atoms with Gasteiger partial charge >= 0.3 is 6.18 Å². The van der Waals surface area contributed by atoms with Crippen molar-refractivity contribution in [1.29, 1.82) is 0 Å². The second-order valence-corrected chi connectivity index (χ2v) is 5.96. The zero-order valence-electron chi connectivity index (χ0n) is 12.0. The van der Waals surface area contributed by atoms with Gasteiger partial charge in [0.05, 0.1) is 12.1 Å². The fourth-order valence-corrected chi connectivity index (χ4v) is 2.82. The first kappa shape index (κ1) is 18.5. The van der Waals surface area contributed by atoms with E-state index >= 15 is 0 Å². The highest BCUT2D eigenvalue weighted by Crippen LogP contribution is 2.30. The highest BCUT2D eigenvalue weighted by Gasteiger charge is 2.40. The maximum absolute atomic E-state index is 12.8. The van der Waals surface area contributed by atoms with Gasteiger partial charge in [0, 0.05) is 23.2 Å². The summed E-state index contributed by atoms with van der Waals surface area (Å²) in [7, 11) is 0. The molecular formula is C13H12BrClF3N5O. The normalized spacial score (nSPS) is 14.1. The van der Waals surface area contributed by atoms with Crippen LogP contribution in [0.4, 0.5) is 18.9 Å². The molecule has 0 bridgehead atoms. The number of amides is 1. The van der Waals surface area contributed by atoms with Gasteiger partial charge in [-0.2, -0.15) is 13.2 Å². The zero-order chi connectivity index (χ0) is 16.8. The number of nitrogens with zero attached hydrogens (tertiary/aromatic N) is 4. The lowest BCUT2D eigenvalue weighted by Gasteiger charge is -2.28. The fourth-order valence-electron chi connectivity index (χ4n) is 2.44. The molecule has 130 valence electrons. The SMILES string of the molecule is Cl.Nc1cc(Br)ccc1C(=O)N1CCn2c(nnc2C(F)(F)F)C1. The summed E-state index contributed by atoms with van der Waals surface area (Å²) in [5, 5.41) is 6.73. The lowest BCUT2D eigenvalue weighted by molar-refractivity contribution is -0.147. The molecule has 1 aromatic heterocycles. The van der Waals surface area contributed by atoms with Gasteiger partial charge in [-0.15, -0.1) is 22.6 Å². The molecule has 0 fully saturated rings. The van der Waals surface area contributed by atoms with Crippen LogP contribution in [0.25, 0.3) is 0 Å². The van der Waals surface area contributed by atoms with Crippen LogP contribution in [0.3, 0.4) is 0 Å². The predicted octanol–water partition coefficient (Wildman–Crippen LogP) is 2.72. The number of halogens is 5. The number of aromatic nitrogens is 3. The molecule has 2 heterocycles. The van der Waals surface area contributed by atoms with Crippen LogP contribution >= 0.6 is 28.3 Å². The van der Waals surface area contributed by atoms with Gasteiger partial charge in [-0.3, -0.25) is 4.79 Å². The molecule has 2 aromatic rings. The van der Waals surface area contributed by atoms with Crippen LogP contribution in [0.1, 0.15) is 22.0 Å². The molecule has 11 heteroatoms. The predicted molar refractivity (Wildman–Crippen MR) is 85.6 cm³/mol. The molecule has 0 saturated carbocycles. The van der Waals surface area contributed by atoms with Crippen LogP contribution in [0, 0.1) is 0 Å². The van der Waals surface area contributed by atoms with Crippen molar-refractivity contribution in [2.24, 2.45) is 0 Å². The lowest BCUT2D eigenvalue weighted by atomic mass is 10.1. The summed E-state index contributed by atoms with van der Waals surface area (Å²) in [6.45, 7) is 0.0687. The van der Waals surface area contributed by atoms with E-state index in [0.29, 0.717) is 11.3 Å². The number of benzene rings is 1. The number of carbonyl (C=O) groups excluding carboxylic acids is 1. The molecule has 3 rings (SSSR count). The monoisotopic (exact) mass is 425 g/mol. The van der Waals surface area contributed by atoms with Crippen molar-refractivity contribution in [3.63, 3.8) is 0 Å². The number of nitrogens with two attached hydrogens (primary N) is 1. The van der Waals surface area contributed by atoms with Crippen LogP contribution in [0.15, 0.2) is 22.7 Å². The molecule has 0 unspecified atom stereocenters. The van der Waals surface area contributed by atoms with E-state index in [4.69, 9.17) is 5.73 Å². The van der Waals surface area contributed by atoms with Gasteiger partial charge in [-0.05, 0) is 18.2 Å². The summed E-state index contributed by atoms with van der Waals surface area (Å²) in [4.78, 5) is 13.9. The van der Waals surface area contributed by atoms with Crippen LogP contribution in [0.5, 0.6) is 0 Å². The number of carbonyl (C=O) groups is 1. The summed E-state index contributed by atoms with van der Waals surface area (Å²) in [6, 6.07) is 4.85. The molecule has 1 aromatic carbocycles. The summed E-state index contributed by atoms with van der Waals surface area (Å²) in [5.41, 5.74) is 6.43. The number of rotatable bonds is 1. The van der Waals surface area contributed by atoms with Crippen LogP contribution in [-0.4, -0.2) is 32.1 Å². The Hall–Kier alpha value is -1.81. The lowest BCUT2D eigenvalue weighted by Crippen LogP contribution is -2.39. The van der Waals surface area contributed by atoms with Crippen molar-refractivity contribution in [2.75, 3.05) is 12.3 Å². The average Bonchev–Trinajstić information content (AvgIpc) is 2.89. The number of nitrogen functional groups attached to an aromatic ring is 1. The maximum atomic E-state index is 12.8. The van der Waals surface area contributed by atoms with Gasteiger partial charge in [0.1, 0.15) is 0 Å². The molecule has 0 radical (unpaired) electrons. The first-order valence-corrected chi connectivity index (χ1v) is 7.40. The summed E-state index contributed by atoms with van der Waals surface area (Å²) in [6.07, 6.45) is -4.56. The maximum Gasteiger partial charge on any atom is 0.451 e. The molecule has 1 amide bonds. The molecular weight excluding hydrogens is 415 g/mol. The Kier molecular flexibility index (Phi) is 5.09. The van der Waals surface area contributed by atoms with Crippen molar-refractivity contribution in [2.45, 2.75) is 19.3 Å². The molecule has 0 saturated heterocycles. The van der Waals surface area contributed by atoms with E-state index in [2.05, 4.69) is 26.1 Å². The first-order valence-electron chi connectivity index (χ1n) is 6.61. The molecule has 1 aliphatic heterocycles. The third kappa shape index (κ3) is 3.34. The summed E-state index contributed by atoms with van der Waals surface area (Å²) < 4.78 is 40.1. The number of hydrogen-bond donors (Lipinski definition) is 1. The van der Waals surface area contributed by atoms with E-state index in [0.717, 1.165) is 9.04 Å². The van der Waals surface area contributed by atoms with Crippen molar-refractivity contribution in [3.8, 4) is 0 Å². The fraction of sp³-hybridized carbons (Fsp3) is 0.308. The quantitative estimate of drug-likeness (QED) is 0.712. The Balaban J connectivity index is 0.00000208. The topological polar surface area (TPSA) is 77.0 Å². The summed E-state index contributed by atoms with van der Waals surface area (Å²) in [5.74, 6) is -1.28. The molecule has 0 aliphatic carbocycles. The van der Waals surface area contributed by atoms with E-state index in [-0.39, 0.29) is 43.8 Å². The third-order valence-corrected chi connectivity index (χ3v) is 4.03. The third-order valence-electron chi connectivity index (χ3n) is 3.54. The van der Waals surface area contributed by atoms with Crippen LogP contribution < -0.4 is 5.73 Å². The zero-order valence-corrected chi connectivity index (χ0v) is 14.5. The van der Waals surface area contributed by atoms with Gasteiger partial charge < -0.3 is 15.2 Å². The molecule has 2 N–H and O–H groups in total. The Morgan fingerprint density at radius 3 is 2.58 bits per heavy atom. The van der Waals surface area contributed by atoms with Crippen LogP contribution in [0.2, 0.25) is 0 Å². The van der Waals surface area contributed by atoms with Gasteiger partial charge in [0.2, 0.25) is 5.82 Å². The van der Waals surface area contributed by atoms with Crippen molar-refractivity contribution in [1.82, 2.24) is 19.7 Å². The van der Waals surface area contributed by atoms with Gasteiger partial charge in [-0.1, -0.05) is 15.9 Å². The first-order chi connectivity index (χ1) is 10.8. The highest BCUT2D eigenvalue weighted by molar-refractivity contribution is 9.10. The largest absolute Gasteiger partial charge is 0.451 e. The van der Waals surface area contributed by atoms with Crippen molar-refractivity contribution >= 4 is 39.9 Å². The molecule has 6 nitrogen and oxygen atoms in total. The van der Waals surface area contributed by atoms with E-state index in [1.807, 2.05) is 0 Å². The average molecular weight is 427 g/mol. The summed E-state index contributed by atoms with van der Waals surface area (Å²) >= 11 is 3.25. The molecule has 1 aliphatic rings. The highest BCUT2D eigenvalue weighted by atomic mass is 79.9. The Labute approximate surface area is 149 Å². The second kappa shape index (κ2) is 6.60. The Morgan fingerprint density at radius 2 is 1.96 bits per heavy atom. The second-order valence-electron chi connectivity index (χ2n) is 5.05. The minimum absolute atomic E-state index is 0. The molecule has 0 spiro atoms. The number of alkyl halides is 3. The van der Waals surface area contributed by atoms with Gasteiger partial charge in [-0.25, -0.2) is 0 Å². The van der Waals surface area contributed by atoms with E-state index in [9.17, 15) is 18.0 Å². The molecule has 0 atom stereocenters. The van der Waals surface area contributed by atoms with Gasteiger partial charge in [0.15, 0.2) is 5.82 Å². The minimum Gasteiger partial charge on any atom is -0.398 e. The van der Waals surface area contributed by atoms with Crippen molar-refractivity contribution < 1.29 is 18.0 Å². The Morgan fingerprint density at radius 1 is 1.25 bits per heavy atom. The van der Waals surface area contributed by atoms with Gasteiger partial charge in [0.25, 0.3) is 5.91 Å². The number of hydrogen-bond acceptors (Lipinski definition) is 4. The van der Waals surface area contributed by atoms with E-state index < -0.39 is 12.0 Å². The minimum atomic E-state index is -4.56. The van der Waals surface area contributed by atoms with E-state index in [1.54, 1.807) is 18.2 Å². The Bertz CT molecular complexity index is 779. The van der Waals surface area contributed by atoms with E-state index in [1.165, 1.54) is 4.90 Å². The smallest absolute Gasteiger partial charge is 0.398 e. The van der Waals surface area contributed by atoms with Crippen LogP contribution in [-0.2, 0) is 19.3 Å². The number of fused-ring (bicyclic) bond motifs is 1.